The number of aromatic nitrogens is 1. The number of rotatable bonds is 10. The number of nitrogens with zero attached hydrogens (tertiary/aromatic N) is 1. The second kappa shape index (κ2) is 12.2. The van der Waals surface area contributed by atoms with E-state index in [2.05, 4.69) is 28.6 Å². The van der Waals surface area contributed by atoms with E-state index in [1.54, 1.807) is 0 Å². The molecule has 1 saturated carbocycles. The maximum Gasteiger partial charge on any atom is 0.300 e. The van der Waals surface area contributed by atoms with E-state index in [0.717, 1.165) is 31.5 Å². The van der Waals surface area contributed by atoms with Crippen molar-refractivity contribution in [2.45, 2.75) is 32.6 Å². The number of nitrogens with one attached hydrogen (secondary N) is 2. The summed E-state index contributed by atoms with van der Waals surface area (Å²) in [5.74, 6) is 0.754. The number of hydrogen-bond acceptors (Lipinski definition) is 8. The third kappa shape index (κ3) is 7.57. The van der Waals surface area contributed by atoms with E-state index in [4.69, 9.17) is 20.4 Å². The first-order valence-corrected chi connectivity index (χ1v) is 12.0. The van der Waals surface area contributed by atoms with Gasteiger partial charge in [-0.1, -0.05) is 36.5 Å². The monoisotopic (exact) mass is 482 g/mol. The molecule has 0 atom stereocenters. The molecule has 1 aliphatic carbocycles. The lowest BCUT2D eigenvalue weighted by atomic mass is 10.0. The van der Waals surface area contributed by atoms with Crippen molar-refractivity contribution in [3.05, 3.63) is 64.5 Å². The summed E-state index contributed by atoms with van der Waals surface area (Å²) in [5.41, 5.74) is 8.82. The second-order valence-corrected chi connectivity index (χ2v) is 8.83. The minimum atomic E-state index is -0.833. The number of carboxylic acids is 1. The molecule has 0 amide bonds. The SMILES string of the molecule is CC(=O)O.CCNCCOc1ccc(Nc2nc(N)c(C(=O)c3cccc(C4CC4)c3)s2)cc1. The number of carboxylic acid groups (broad SMARTS) is 1. The molecule has 0 unspecified atom stereocenters. The number of anilines is 3. The number of thiazole rings is 1. The van der Waals surface area contributed by atoms with Crippen molar-refractivity contribution in [1.29, 1.82) is 0 Å². The number of nitrogen functional groups attached to an aromatic ring is 1. The van der Waals surface area contributed by atoms with E-state index >= 15 is 0 Å². The van der Waals surface area contributed by atoms with E-state index in [9.17, 15) is 4.79 Å². The van der Waals surface area contributed by atoms with Gasteiger partial charge in [-0.05, 0) is 61.2 Å². The molecular weight excluding hydrogens is 452 g/mol. The molecule has 0 saturated heterocycles. The highest BCUT2D eigenvalue weighted by Gasteiger charge is 2.25. The molecule has 4 rings (SSSR count). The summed E-state index contributed by atoms with van der Waals surface area (Å²) in [4.78, 5) is 26.8. The fraction of sp³-hybridized carbons (Fsp3) is 0.320. The van der Waals surface area contributed by atoms with Crippen LogP contribution < -0.4 is 21.1 Å². The highest BCUT2D eigenvalue weighted by atomic mass is 32.1. The zero-order chi connectivity index (χ0) is 24.5. The Morgan fingerprint density at radius 1 is 1.21 bits per heavy atom. The van der Waals surface area contributed by atoms with E-state index < -0.39 is 5.97 Å². The first kappa shape index (κ1) is 25.2. The molecule has 1 aromatic heterocycles. The van der Waals surface area contributed by atoms with Gasteiger partial charge in [0.25, 0.3) is 5.97 Å². The van der Waals surface area contributed by atoms with Gasteiger partial charge in [-0.15, -0.1) is 0 Å². The van der Waals surface area contributed by atoms with Gasteiger partial charge in [-0.25, -0.2) is 4.98 Å². The average molecular weight is 483 g/mol. The number of ketones is 1. The lowest BCUT2D eigenvalue weighted by Gasteiger charge is -2.07. The van der Waals surface area contributed by atoms with Crippen molar-refractivity contribution in [3.63, 3.8) is 0 Å². The number of carbonyl (C=O) groups excluding carboxylic acids is 1. The molecule has 3 aromatic rings. The Bertz CT molecular complexity index is 1110. The van der Waals surface area contributed by atoms with Gasteiger partial charge in [0.15, 0.2) is 5.13 Å². The van der Waals surface area contributed by atoms with Gasteiger partial charge in [0.05, 0.1) is 0 Å². The molecular formula is C25H30N4O4S. The predicted molar refractivity (Wildman–Crippen MR) is 135 cm³/mol. The molecule has 1 heterocycles. The van der Waals surface area contributed by atoms with Gasteiger partial charge in [0.1, 0.15) is 23.1 Å². The summed E-state index contributed by atoms with van der Waals surface area (Å²) in [6.45, 7) is 5.52. The number of ether oxygens (including phenoxy) is 1. The second-order valence-electron chi connectivity index (χ2n) is 7.83. The lowest BCUT2D eigenvalue weighted by Crippen LogP contribution is -2.20. The van der Waals surface area contributed by atoms with Gasteiger partial charge in [-0.2, -0.15) is 0 Å². The van der Waals surface area contributed by atoms with Crippen LogP contribution in [0, 0.1) is 0 Å². The fourth-order valence-corrected chi connectivity index (χ4v) is 4.07. The highest BCUT2D eigenvalue weighted by Crippen LogP contribution is 2.40. The molecule has 0 radical (unpaired) electrons. The first-order valence-electron chi connectivity index (χ1n) is 11.2. The molecule has 1 fully saturated rings. The summed E-state index contributed by atoms with van der Waals surface area (Å²) >= 11 is 1.27. The van der Waals surface area contributed by atoms with Crippen LogP contribution >= 0.6 is 11.3 Å². The molecule has 2 aromatic carbocycles. The fourth-order valence-electron chi connectivity index (χ4n) is 3.21. The maximum atomic E-state index is 13.0. The van der Waals surface area contributed by atoms with Crippen LogP contribution in [-0.2, 0) is 4.79 Å². The number of hydrogen-bond donors (Lipinski definition) is 4. The average Bonchev–Trinajstić information content (AvgIpc) is 3.60. The van der Waals surface area contributed by atoms with Crippen molar-refractivity contribution < 1.29 is 19.4 Å². The number of likely N-dealkylation sites (N-methyl/N-ethyl adjacent to an activating group) is 1. The Kier molecular flexibility index (Phi) is 9.00. The van der Waals surface area contributed by atoms with E-state index in [-0.39, 0.29) is 11.6 Å². The molecule has 0 spiro atoms. The standard InChI is InChI=1S/C23H26N4O2S.C2H4O2/c1-2-25-12-13-29-19-10-8-18(9-11-19)26-23-27-22(24)21(30-23)20(28)17-5-3-4-16(14-17)15-6-7-15;1-2(3)4/h3-5,8-11,14-15,25H,2,6-7,12-13,24H2,1H3,(H,26,27);1H3,(H,3,4). The molecule has 1 aliphatic rings. The molecule has 8 nitrogen and oxygen atoms in total. The van der Waals surface area contributed by atoms with Crippen molar-refractivity contribution in [2.75, 3.05) is 30.7 Å². The Hall–Kier alpha value is -3.43. The van der Waals surface area contributed by atoms with Crippen LogP contribution in [-0.4, -0.2) is 41.5 Å². The van der Waals surface area contributed by atoms with Gasteiger partial charge < -0.3 is 26.2 Å². The topological polar surface area (TPSA) is 127 Å². The zero-order valence-electron chi connectivity index (χ0n) is 19.3. The van der Waals surface area contributed by atoms with Crippen LogP contribution in [0.25, 0.3) is 0 Å². The van der Waals surface area contributed by atoms with Gasteiger partial charge in [-0.3, -0.25) is 9.59 Å². The molecule has 180 valence electrons. The Morgan fingerprint density at radius 2 is 1.91 bits per heavy atom. The largest absolute Gasteiger partial charge is 0.492 e. The van der Waals surface area contributed by atoms with Crippen molar-refractivity contribution in [2.24, 2.45) is 0 Å². The molecule has 0 aliphatic heterocycles. The summed E-state index contributed by atoms with van der Waals surface area (Å²) in [7, 11) is 0. The van der Waals surface area contributed by atoms with E-state index in [0.29, 0.717) is 28.1 Å². The first-order chi connectivity index (χ1) is 16.4. The van der Waals surface area contributed by atoms with Crippen molar-refractivity contribution in [1.82, 2.24) is 10.3 Å². The Morgan fingerprint density at radius 3 is 2.56 bits per heavy atom. The third-order valence-corrected chi connectivity index (χ3v) is 5.95. The summed E-state index contributed by atoms with van der Waals surface area (Å²) < 4.78 is 5.68. The predicted octanol–water partition coefficient (Wildman–Crippen LogP) is 4.66. The van der Waals surface area contributed by atoms with Gasteiger partial charge in [0.2, 0.25) is 5.78 Å². The smallest absolute Gasteiger partial charge is 0.300 e. The minimum absolute atomic E-state index is 0.0787. The molecule has 5 N–H and O–H groups in total. The van der Waals surface area contributed by atoms with Crippen LogP contribution in [0.3, 0.4) is 0 Å². The zero-order valence-corrected chi connectivity index (χ0v) is 20.2. The Balaban J connectivity index is 0.000000751. The maximum absolute atomic E-state index is 13.0. The Labute approximate surface area is 203 Å². The summed E-state index contributed by atoms with van der Waals surface area (Å²) in [5, 5.41) is 14.5. The van der Waals surface area contributed by atoms with Crippen LogP contribution in [0.2, 0.25) is 0 Å². The number of carbonyl (C=O) groups is 2. The minimum Gasteiger partial charge on any atom is -0.492 e. The summed E-state index contributed by atoms with van der Waals surface area (Å²) in [6.07, 6.45) is 2.40. The van der Waals surface area contributed by atoms with E-state index in [1.165, 1.54) is 29.7 Å². The molecule has 9 heteroatoms. The molecule has 0 bridgehead atoms. The quantitative estimate of drug-likeness (QED) is 0.243. The van der Waals surface area contributed by atoms with Crippen LogP contribution in [0.15, 0.2) is 48.5 Å². The normalized spacial score (nSPS) is 12.4. The van der Waals surface area contributed by atoms with Crippen molar-refractivity contribution in [3.8, 4) is 5.75 Å². The van der Waals surface area contributed by atoms with Crippen LogP contribution in [0.4, 0.5) is 16.6 Å². The van der Waals surface area contributed by atoms with Gasteiger partial charge in [0, 0.05) is 24.7 Å². The lowest BCUT2D eigenvalue weighted by molar-refractivity contribution is -0.134. The summed E-state index contributed by atoms with van der Waals surface area (Å²) in [6, 6.07) is 15.5. The van der Waals surface area contributed by atoms with Crippen molar-refractivity contribution >= 4 is 39.7 Å². The van der Waals surface area contributed by atoms with Crippen LogP contribution in [0.5, 0.6) is 5.75 Å². The number of aliphatic carboxylic acids is 1. The number of benzene rings is 2. The van der Waals surface area contributed by atoms with Gasteiger partial charge >= 0.3 is 0 Å². The number of nitrogens with two attached hydrogens (primary N) is 1. The van der Waals surface area contributed by atoms with E-state index in [1.807, 2.05) is 42.5 Å². The highest BCUT2D eigenvalue weighted by molar-refractivity contribution is 7.18. The third-order valence-electron chi connectivity index (χ3n) is 4.96. The molecule has 34 heavy (non-hydrogen) atoms. The van der Waals surface area contributed by atoms with Crippen LogP contribution in [0.1, 0.15) is 53.4 Å².